The third-order valence-corrected chi connectivity index (χ3v) is 1.67. The standard InChI is InChI=1S/C11H15FN2O3/c1-11(2,3)17-10(15)13-7-5-6-8(16-4)14-9(7)12/h5-6H,1-4H3,(H,13,15). The van der Waals surface area contributed by atoms with Crippen molar-refractivity contribution in [3.8, 4) is 5.88 Å². The van der Waals surface area contributed by atoms with E-state index >= 15 is 0 Å². The van der Waals surface area contributed by atoms with Gasteiger partial charge in [-0.15, -0.1) is 0 Å². The van der Waals surface area contributed by atoms with Crippen molar-refractivity contribution < 1.29 is 18.7 Å². The summed E-state index contributed by atoms with van der Waals surface area (Å²) in [5, 5.41) is 2.26. The highest BCUT2D eigenvalue weighted by Gasteiger charge is 2.17. The van der Waals surface area contributed by atoms with Gasteiger partial charge in [0.25, 0.3) is 0 Å². The Morgan fingerprint density at radius 2 is 2.06 bits per heavy atom. The number of halogens is 1. The zero-order valence-corrected chi connectivity index (χ0v) is 10.2. The molecule has 1 N–H and O–H groups in total. The third-order valence-electron chi connectivity index (χ3n) is 1.67. The molecule has 0 saturated heterocycles. The van der Waals surface area contributed by atoms with Crippen LogP contribution in [-0.2, 0) is 4.74 Å². The van der Waals surface area contributed by atoms with E-state index in [0.29, 0.717) is 0 Å². The largest absolute Gasteiger partial charge is 0.481 e. The minimum absolute atomic E-state index is 0.0555. The van der Waals surface area contributed by atoms with Crippen LogP contribution in [0.1, 0.15) is 20.8 Å². The van der Waals surface area contributed by atoms with Crippen LogP contribution >= 0.6 is 0 Å². The molecule has 0 spiro atoms. The van der Waals surface area contributed by atoms with Crippen LogP contribution in [0, 0.1) is 5.95 Å². The fraction of sp³-hybridized carbons (Fsp3) is 0.455. The number of pyridine rings is 1. The van der Waals surface area contributed by atoms with Gasteiger partial charge in [0, 0.05) is 6.07 Å². The van der Waals surface area contributed by atoms with Gasteiger partial charge < -0.3 is 9.47 Å². The number of nitrogens with zero attached hydrogens (tertiary/aromatic N) is 1. The van der Waals surface area contributed by atoms with Gasteiger partial charge in [-0.05, 0) is 26.8 Å². The quantitative estimate of drug-likeness (QED) is 0.810. The van der Waals surface area contributed by atoms with E-state index in [0.717, 1.165) is 0 Å². The molecule has 17 heavy (non-hydrogen) atoms. The van der Waals surface area contributed by atoms with Crippen molar-refractivity contribution in [1.29, 1.82) is 0 Å². The van der Waals surface area contributed by atoms with Gasteiger partial charge in [0.2, 0.25) is 11.8 Å². The van der Waals surface area contributed by atoms with Crippen LogP contribution in [0.25, 0.3) is 0 Å². The minimum atomic E-state index is -0.824. The summed E-state index contributed by atoms with van der Waals surface area (Å²) in [6, 6.07) is 2.79. The number of hydrogen-bond donors (Lipinski definition) is 1. The van der Waals surface area contributed by atoms with E-state index in [1.54, 1.807) is 20.8 Å². The molecule has 1 amide bonds. The normalized spacial score (nSPS) is 10.9. The second-order valence-corrected chi connectivity index (χ2v) is 4.32. The molecule has 0 unspecified atom stereocenters. The number of nitrogens with one attached hydrogen (secondary N) is 1. The van der Waals surface area contributed by atoms with Crippen LogP contribution in [-0.4, -0.2) is 23.8 Å². The number of ether oxygens (including phenoxy) is 2. The van der Waals surface area contributed by atoms with Crippen molar-refractivity contribution in [2.45, 2.75) is 26.4 Å². The lowest BCUT2D eigenvalue weighted by Gasteiger charge is -2.19. The van der Waals surface area contributed by atoms with E-state index in [4.69, 9.17) is 9.47 Å². The van der Waals surface area contributed by atoms with Crippen LogP contribution in [0.15, 0.2) is 12.1 Å². The molecule has 1 rings (SSSR count). The molecular weight excluding hydrogens is 227 g/mol. The minimum Gasteiger partial charge on any atom is -0.481 e. The number of hydrogen-bond acceptors (Lipinski definition) is 4. The summed E-state index contributed by atoms with van der Waals surface area (Å²) in [5.74, 6) is -0.688. The topological polar surface area (TPSA) is 60.5 Å². The molecule has 0 bridgehead atoms. The molecule has 1 heterocycles. The molecule has 0 aliphatic heterocycles. The highest BCUT2D eigenvalue weighted by molar-refractivity contribution is 5.84. The van der Waals surface area contributed by atoms with Crippen LogP contribution < -0.4 is 10.1 Å². The summed E-state index contributed by atoms with van der Waals surface area (Å²) in [5.41, 5.74) is -0.694. The first-order valence-corrected chi connectivity index (χ1v) is 5.02. The molecule has 6 heteroatoms. The summed E-state index contributed by atoms with van der Waals surface area (Å²) < 4.78 is 23.1. The monoisotopic (exact) mass is 242 g/mol. The third kappa shape index (κ3) is 4.26. The summed E-state index contributed by atoms with van der Waals surface area (Å²) in [7, 11) is 1.38. The van der Waals surface area contributed by atoms with Crippen molar-refractivity contribution in [1.82, 2.24) is 4.98 Å². The van der Waals surface area contributed by atoms with E-state index in [1.165, 1.54) is 19.2 Å². The Labute approximate surface area is 98.9 Å². The van der Waals surface area contributed by atoms with Crippen LogP contribution in [0.2, 0.25) is 0 Å². The van der Waals surface area contributed by atoms with Gasteiger partial charge in [0.05, 0.1) is 12.8 Å². The lowest BCUT2D eigenvalue weighted by Crippen LogP contribution is -2.27. The van der Waals surface area contributed by atoms with Gasteiger partial charge >= 0.3 is 6.09 Å². The molecule has 1 aromatic heterocycles. The molecule has 5 nitrogen and oxygen atoms in total. The first-order chi connectivity index (χ1) is 7.81. The number of aromatic nitrogens is 1. The van der Waals surface area contributed by atoms with E-state index in [2.05, 4.69) is 10.3 Å². The molecule has 0 radical (unpaired) electrons. The maximum atomic E-state index is 13.4. The molecule has 94 valence electrons. The van der Waals surface area contributed by atoms with Gasteiger partial charge in [-0.2, -0.15) is 9.37 Å². The van der Waals surface area contributed by atoms with Crippen molar-refractivity contribution in [3.05, 3.63) is 18.1 Å². The van der Waals surface area contributed by atoms with Crippen LogP contribution in [0.5, 0.6) is 5.88 Å². The fourth-order valence-electron chi connectivity index (χ4n) is 1.04. The number of anilines is 1. The Hall–Kier alpha value is -1.85. The van der Waals surface area contributed by atoms with Crippen molar-refractivity contribution >= 4 is 11.8 Å². The first-order valence-electron chi connectivity index (χ1n) is 5.02. The number of carbonyl (C=O) groups excluding carboxylic acids is 1. The van der Waals surface area contributed by atoms with Gasteiger partial charge in [-0.25, -0.2) is 4.79 Å². The SMILES string of the molecule is COc1ccc(NC(=O)OC(C)(C)C)c(F)n1. The summed E-state index contributed by atoms with van der Waals surface area (Å²) in [4.78, 5) is 14.9. The molecule has 0 aromatic carbocycles. The molecule has 0 fully saturated rings. The lowest BCUT2D eigenvalue weighted by atomic mass is 10.2. The highest BCUT2D eigenvalue weighted by Crippen LogP contribution is 2.17. The fourth-order valence-corrected chi connectivity index (χ4v) is 1.04. The van der Waals surface area contributed by atoms with Gasteiger partial charge in [-0.1, -0.05) is 0 Å². The zero-order valence-electron chi connectivity index (χ0n) is 10.2. The number of amides is 1. The predicted molar refractivity (Wildman–Crippen MR) is 60.6 cm³/mol. The van der Waals surface area contributed by atoms with E-state index in [1.807, 2.05) is 0 Å². The number of methoxy groups -OCH3 is 1. The second-order valence-electron chi connectivity index (χ2n) is 4.32. The molecule has 0 aliphatic carbocycles. The van der Waals surface area contributed by atoms with Crippen molar-refractivity contribution in [2.24, 2.45) is 0 Å². The molecule has 0 aliphatic rings. The Morgan fingerprint density at radius 1 is 1.41 bits per heavy atom. The van der Waals surface area contributed by atoms with Crippen molar-refractivity contribution in [2.75, 3.05) is 12.4 Å². The lowest BCUT2D eigenvalue weighted by molar-refractivity contribution is 0.0635. The molecule has 0 saturated carbocycles. The number of rotatable bonds is 2. The summed E-state index contributed by atoms with van der Waals surface area (Å²) in [6.07, 6.45) is -0.733. The summed E-state index contributed by atoms with van der Waals surface area (Å²) >= 11 is 0. The Balaban J connectivity index is 2.72. The predicted octanol–water partition coefficient (Wildman–Crippen LogP) is 2.58. The Morgan fingerprint density at radius 3 is 2.53 bits per heavy atom. The number of carbonyl (C=O) groups is 1. The van der Waals surface area contributed by atoms with Crippen LogP contribution in [0.3, 0.4) is 0 Å². The Bertz CT molecular complexity index is 416. The average molecular weight is 242 g/mol. The van der Waals surface area contributed by atoms with E-state index in [-0.39, 0.29) is 11.6 Å². The van der Waals surface area contributed by atoms with Crippen LogP contribution in [0.4, 0.5) is 14.9 Å². The molecule has 0 atom stereocenters. The van der Waals surface area contributed by atoms with Gasteiger partial charge in [0.1, 0.15) is 5.60 Å². The van der Waals surface area contributed by atoms with E-state index < -0.39 is 17.6 Å². The Kier molecular flexibility index (Phi) is 3.88. The first kappa shape index (κ1) is 13.2. The highest BCUT2D eigenvalue weighted by atomic mass is 19.1. The maximum Gasteiger partial charge on any atom is 0.412 e. The second kappa shape index (κ2) is 4.99. The van der Waals surface area contributed by atoms with Gasteiger partial charge in [0.15, 0.2) is 0 Å². The van der Waals surface area contributed by atoms with Crippen molar-refractivity contribution in [3.63, 3.8) is 0 Å². The molecule has 1 aromatic rings. The zero-order chi connectivity index (χ0) is 13.1. The average Bonchev–Trinajstić information content (AvgIpc) is 2.18. The summed E-state index contributed by atoms with van der Waals surface area (Å²) in [6.45, 7) is 5.15. The van der Waals surface area contributed by atoms with E-state index in [9.17, 15) is 9.18 Å². The van der Waals surface area contributed by atoms with Gasteiger partial charge in [-0.3, -0.25) is 5.32 Å². The maximum absolute atomic E-state index is 13.4. The smallest absolute Gasteiger partial charge is 0.412 e. The molecular formula is C11H15FN2O3.